The number of carbonyl (C=O) groups is 1. The minimum Gasteiger partial charge on any atom is -0.395 e. The van der Waals surface area contributed by atoms with E-state index in [1.54, 1.807) is 0 Å². The van der Waals surface area contributed by atoms with Crippen LogP contribution in [0, 0.1) is 5.92 Å². The van der Waals surface area contributed by atoms with E-state index >= 15 is 0 Å². The third-order valence-corrected chi connectivity index (χ3v) is 10.5. The Morgan fingerprint density at radius 3 is 2.40 bits per heavy atom. The van der Waals surface area contributed by atoms with Gasteiger partial charge in [-0.3, -0.25) is 4.79 Å². The summed E-state index contributed by atoms with van der Waals surface area (Å²) < 4.78 is 2.08. The molecular formula is C20H32N2O2Si. The molecule has 1 aromatic carbocycles. The maximum Gasteiger partial charge on any atom is 0.273 e. The Labute approximate surface area is 153 Å². The van der Waals surface area contributed by atoms with Crippen molar-refractivity contribution in [3.8, 4) is 0 Å². The molecule has 1 aliphatic heterocycles. The quantitative estimate of drug-likeness (QED) is 0.549. The van der Waals surface area contributed by atoms with Gasteiger partial charge in [0.25, 0.3) is 5.91 Å². The zero-order valence-electron chi connectivity index (χ0n) is 16.9. The average molecular weight is 361 g/mol. The number of amides is 1. The zero-order chi connectivity index (χ0) is 19.0. The van der Waals surface area contributed by atoms with Crippen LogP contribution in [0.4, 0.5) is 5.69 Å². The second-order valence-electron chi connectivity index (χ2n) is 8.72. The third-order valence-electron chi connectivity index (χ3n) is 5.31. The van der Waals surface area contributed by atoms with E-state index in [0.29, 0.717) is 18.2 Å². The van der Waals surface area contributed by atoms with Gasteiger partial charge in [-0.15, -0.1) is 0 Å². The second kappa shape index (κ2) is 6.94. The lowest BCUT2D eigenvalue weighted by atomic mass is 9.98. The van der Waals surface area contributed by atoms with Gasteiger partial charge in [0, 0.05) is 11.3 Å². The van der Waals surface area contributed by atoms with Crippen LogP contribution in [0.5, 0.6) is 0 Å². The van der Waals surface area contributed by atoms with Crippen LogP contribution in [0.3, 0.4) is 0 Å². The number of para-hydroxylation sites is 1. The monoisotopic (exact) mass is 360 g/mol. The Morgan fingerprint density at radius 2 is 1.88 bits per heavy atom. The van der Waals surface area contributed by atoms with Crippen molar-refractivity contribution >= 4 is 25.5 Å². The molecule has 0 fully saturated rings. The lowest BCUT2D eigenvalue weighted by Crippen LogP contribution is -2.57. The lowest BCUT2D eigenvalue weighted by molar-refractivity contribution is -0.111. The topological polar surface area (TPSA) is 41.9 Å². The molecule has 0 aromatic heterocycles. The Morgan fingerprint density at radius 1 is 1.24 bits per heavy atom. The Bertz CT molecular complexity index is 687. The molecule has 0 atom stereocenters. The minimum absolute atomic E-state index is 0.00810. The van der Waals surface area contributed by atoms with Crippen molar-refractivity contribution in [2.45, 2.75) is 66.1 Å². The number of fused-ring (bicyclic) bond motifs is 1. The van der Waals surface area contributed by atoms with E-state index in [2.05, 4.69) is 63.5 Å². The van der Waals surface area contributed by atoms with Gasteiger partial charge in [0.1, 0.15) is 6.61 Å². The lowest BCUT2D eigenvalue weighted by Gasteiger charge is -2.44. The summed E-state index contributed by atoms with van der Waals surface area (Å²) in [5.74, 6) is 0.516. The van der Waals surface area contributed by atoms with Gasteiger partial charge in [0.15, 0.2) is 13.9 Å². The van der Waals surface area contributed by atoms with Crippen LogP contribution in [0.1, 0.15) is 52.7 Å². The van der Waals surface area contributed by atoms with Crippen LogP contribution in [0.2, 0.25) is 18.1 Å². The fraction of sp³-hybridized carbons (Fsp3) is 0.600. The fourth-order valence-electron chi connectivity index (χ4n) is 3.06. The minimum atomic E-state index is -2.10. The predicted molar refractivity (Wildman–Crippen MR) is 108 cm³/mol. The van der Waals surface area contributed by atoms with E-state index in [9.17, 15) is 4.79 Å². The van der Waals surface area contributed by atoms with Crippen molar-refractivity contribution in [2.75, 3.05) is 11.2 Å². The van der Waals surface area contributed by atoms with Crippen molar-refractivity contribution in [3.63, 3.8) is 0 Å². The Hall–Kier alpha value is -1.62. The molecule has 1 amide bonds. The number of anilines is 1. The van der Waals surface area contributed by atoms with Crippen molar-refractivity contribution < 1.29 is 9.63 Å². The van der Waals surface area contributed by atoms with E-state index in [1.165, 1.54) is 5.56 Å². The largest absolute Gasteiger partial charge is 0.395 e. The van der Waals surface area contributed by atoms with Gasteiger partial charge < -0.3 is 9.40 Å². The highest BCUT2D eigenvalue weighted by molar-refractivity contribution is 6.90. The van der Waals surface area contributed by atoms with Gasteiger partial charge in [-0.25, -0.2) is 0 Å². The number of nitrogens with zero attached hydrogens (tertiary/aromatic N) is 2. The van der Waals surface area contributed by atoms with E-state index in [0.717, 1.165) is 17.7 Å². The molecule has 0 spiro atoms. The van der Waals surface area contributed by atoms with Crippen LogP contribution >= 0.6 is 0 Å². The maximum atomic E-state index is 13.3. The first-order valence-electron chi connectivity index (χ1n) is 9.19. The molecule has 0 saturated heterocycles. The first kappa shape index (κ1) is 19.7. The molecule has 0 unspecified atom stereocenters. The van der Waals surface area contributed by atoms with Gasteiger partial charge >= 0.3 is 0 Å². The fourth-order valence-corrected chi connectivity index (χ4v) is 5.17. The summed E-state index contributed by atoms with van der Waals surface area (Å²) in [6.07, 6.45) is 0.948. The normalized spacial score (nSPS) is 16.8. The first-order valence-corrected chi connectivity index (χ1v) is 12.1. The van der Waals surface area contributed by atoms with Gasteiger partial charge in [0.2, 0.25) is 0 Å². The van der Waals surface area contributed by atoms with Gasteiger partial charge in [-0.05, 0) is 29.9 Å². The number of oxime groups is 1. The van der Waals surface area contributed by atoms with Crippen LogP contribution < -0.4 is 4.57 Å². The van der Waals surface area contributed by atoms with Crippen molar-refractivity contribution in [2.24, 2.45) is 11.1 Å². The third kappa shape index (κ3) is 3.52. The molecule has 1 aromatic rings. The van der Waals surface area contributed by atoms with E-state index in [-0.39, 0.29) is 10.9 Å². The average Bonchev–Trinajstić information content (AvgIpc) is 2.77. The molecule has 0 saturated carbocycles. The SMILES string of the molecule is CCO/N=C1/C(=O)N([Si](C)(C)C(C)(C)C)c2c(CC(C)C)cccc21. The van der Waals surface area contributed by atoms with Gasteiger partial charge in [-0.1, -0.05) is 71.1 Å². The highest BCUT2D eigenvalue weighted by Gasteiger charge is 2.50. The molecule has 5 heteroatoms. The van der Waals surface area contributed by atoms with E-state index < -0.39 is 8.24 Å². The summed E-state index contributed by atoms with van der Waals surface area (Å²) in [6.45, 7) is 18.0. The second-order valence-corrected chi connectivity index (χ2v) is 13.8. The van der Waals surface area contributed by atoms with Crippen molar-refractivity contribution in [3.05, 3.63) is 29.3 Å². The Balaban J connectivity index is 2.71. The molecule has 0 bridgehead atoms. The smallest absolute Gasteiger partial charge is 0.273 e. The maximum absolute atomic E-state index is 13.3. The number of hydrogen-bond acceptors (Lipinski definition) is 3. The van der Waals surface area contributed by atoms with Crippen molar-refractivity contribution in [1.29, 1.82) is 0 Å². The molecule has 1 heterocycles. The summed E-state index contributed by atoms with van der Waals surface area (Å²) in [7, 11) is -2.10. The molecule has 25 heavy (non-hydrogen) atoms. The molecule has 138 valence electrons. The highest BCUT2D eigenvalue weighted by Crippen LogP contribution is 2.46. The summed E-state index contributed by atoms with van der Waals surface area (Å²) >= 11 is 0. The Kier molecular flexibility index (Phi) is 5.47. The molecule has 4 nitrogen and oxygen atoms in total. The number of carbonyl (C=O) groups excluding carboxylic acids is 1. The highest BCUT2D eigenvalue weighted by atomic mass is 28.3. The summed E-state index contributed by atoms with van der Waals surface area (Å²) in [6, 6.07) is 6.18. The number of benzene rings is 1. The van der Waals surface area contributed by atoms with E-state index in [1.807, 2.05) is 19.1 Å². The molecular weight excluding hydrogens is 328 g/mol. The summed E-state index contributed by atoms with van der Waals surface area (Å²) in [5.41, 5.74) is 3.66. The van der Waals surface area contributed by atoms with Crippen LogP contribution in [-0.4, -0.2) is 26.5 Å². The number of hydrogen-bond donors (Lipinski definition) is 0. The number of rotatable bonds is 5. The van der Waals surface area contributed by atoms with Gasteiger partial charge in [0.05, 0.1) is 0 Å². The molecule has 0 aliphatic carbocycles. The molecule has 1 aliphatic rings. The van der Waals surface area contributed by atoms with E-state index in [4.69, 9.17) is 4.84 Å². The molecule has 0 radical (unpaired) electrons. The van der Waals surface area contributed by atoms with Gasteiger partial charge in [-0.2, -0.15) is 0 Å². The van der Waals surface area contributed by atoms with Crippen LogP contribution in [0.15, 0.2) is 23.4 Å². The van der Waals surface area contributed by atoms with Crippen LogP contribution in [-0.2, 0) is 16.1 Å². The first-order chi connectivity index (χ1) is 11.5. The molecule has 2 rings (SSSR count). The van der Waals surface area contributed by atoms with Crippen molar-refractivity contribution in [1.82, 2.24) is 0 Å². The summed E-state index contributed by atoms with van der Waals surface area (Å²) in [5, 5.41) is 4.23. The summed E-state index contributed by atoms with van der Waals surface area (Å²) in [4.78, 5) is 18.6. The van der Waals surface area contributed by atoms with Crippen LogP contribution in [0.25, 0.3) is 0 Å². The standard InChI is InChI=1S/C20H32N2O2Si/c1-9-24-21-17-16-12-10-11-15(13-14(2)3)18(16)22(19(17)23)25(7,8)20(4,5)6/h10-12,14H,9,13H2,1-8H3/b21-17+. The zero-order valence-corrected chi connectivity index (χ0v) is 17.9. The predicted octanol–water partition coefficient (Wildman–Crippen LogP) is 4.98. The molecule has 0 N–H and O–H groups in total.